The zero-order chi connectivity index (χ0) is 39.7. The third kappa shape index (κ3) is 6.54. The predicted octanol–water partition coefficient (Wildman–Crippen LogP) is 4.40. The number of nitrogens with one attached hydrogen (secondary N) is 1. The first kappa shape index (κ1) is 37.3. The molecule has 0 spiro atoms. The van der Waals surface area contributed by atoms with Crippen molar-refractivity contribution in [2.75, 3.05) is 44.2 Å². The summed E-state index contributed by atoms with van der Waals surface area (Å²) < 4.78 is 2.08. The van der Waals surface area contributed by atoms with Gasteiger partial charge in [-0.15, -0.1) is 21.5 Å². The maximum Gasteiger partial charge on any atom is 0.262 e. The molecule has 294 valence electrons. The van der Waals surface area contributed by atoms with E-state index in [0.717, 1.165) is 82.8 Å². The maximum absolute atomic E-state index is 14.0. The van der Waals surface area contributed by atoms with Gasteiger partial charge in [0.1, 0.15) is 22.9 Å². The second-order valence-electron chi connectivity index (χ2n) is 15.4. The van der Waals surface area contributed by atoms with Crippen LogP contribution in [0.2, 0.25) is 5.02 Å². The van der Waals surface area contributed by atoms with Gasteiger partial charge in [0.25, 0.3) is 11.8 Å². The number of hydrogen-bond donors (Lipinski definition) is 1. The molecule has 7 heterocycles. The van der Waals surface area contributed by atoms with Crippen LogP contribution in [0, 0.1) is 20.8 Å². The second-order valence-corrected chi connectivity index (χ2v) is 17.1. The first-order valence-electron chi connectivity index (χ1n) is 19.5. The van der Waals surface area contributed by atoms with Crippen LogP contribution in [0.25, 0.3) is 5.00 Å². The number of halogens is 1. The third-order valence-electron chi connectivity index (χ3n) is 12.2. The van der Waals surface area contributed by atoms with E-state index in [9.17, 15) is 24.0 Å². The van der Waals surface area contributed by atoms with Gasteiger partial charge in [-0.1, -0.05) is 23.7 Å². The number of aromatic nitrogens is 3. The van der Waals surface area contributed by atoms with E-state index in [4.69, 9.17) is 16.6 Å². The Balaban J connectivity index is 0.840. The summed E-state index contributed by atoms with van der Waals surface area (Å²) in [6.07, 6.45) is 2.13. The van der Waals surface area contributed by atoms with Crippen molar-refractivity contribution in [2.24, 2.45) is 4.99 Å². The number of piperidine rings is 2. The van der Waals surface area contributed by atoms with E-state index in [-0.39, 0.29) is 36.3 Å². The van der Waals surface area contributed by atoms with Crippen molar-refractivity contribution >= 4 is 63.9 Å². The molecule has 5 amide bonds. The lowest BCUT2D eigenvalue weighted by molar-refractivity contribution is -0.136. The Kier molecular flexibility index (Phi) is 9.56. The first-order valence-corrected chi connectivity index (χ1v) is 20.6. The molecule has 0 aliphatic carbocycles. The van der Waals surface area contributed by atoms with E-state index in [1.54, 1.807) is 23.5 Å². The molecule has 57 heavy (non-hydrogen) atoms. The maximum atomic E-state index is 14.0. The molecule has 5 aliphatic heterocycles. The number of likely N-dealkylation sites (tertiary alicyclic amines) is 1. The standard InChI is InChI=1S/C41H42ClN9O5S/c1-22-23(2)57-41-35(22)36(25-4-6-26(42)7-5-25)43-31(37-46-45-24(3)50(37)41)21-34(53)49-14-12-27(13-15-49)47-16-18-48(19-17-47)28-8-9-29-30(20-28)40(56)51(39(29)55)32-10-11-33(52)44-38(32)54/h4-9,20,27,31-32H,10-19,21H2,1-3H3,(H,44,52,54)/t31-,32?/m0/s1. The van der Waals surface area contributed by atoms with Crippen molar-refractivity contribution in [3.8, 4) is 5.00 Å². The minimum Gasteiger partial charge on any atom is -0.369 e. The average molecular weight is 808 g/mol. The fraction of sp³-hybridized carbons (Fsp3) is 0.415. The van der Waals surface area contributed by atoms with Crippen molar-refractivity contribution in [3.63, 3.8) is 0 Å². The van der Waals surface area contributed by atoms with E-state index in [0.29, 0.717) is 30.0 Å². The van der Waals surface area contributed by atoms with Crippen LogP contribution in [-0.4, -0.2) is 116 Å². The molecule has 1 N–H and O–H groups in total. The number of fused-ring (bicyclic) bond motifs is 4. The smallest absolute Gasteiger partial charge is 0.262 e. The molecule has 2 atom stereocenters. The number of aliphatic imine (C=N–C) groups is 1. The summed E-state index contributed by atoms with van der Waals surface area (Å²) in [7, 11) is 0. The molecule has 2 aromatic carbocycles. The molecular formula is C41H42ClN9O5S. The molecule has 3 fully saturated rings. The molecule has 16 heteroatoms. The Morgan fingerprint density at radius 3 is 2.32 bits per heavy atom. The minimum atomic E-state index is -0.989. The number of rotatable bonds is 6. The van der Waals surface area contributed by atoms with Gasteiger partial charge in [0.15, 0.2) is 5.82 Å². The van der Waals surface area contributed by atoms with Gasteiger partial charge >= 0.3 is 0 Å². The van der Waals surface area contributed by atoms with Crippen LogP contribution in [0.3, 0.4) is 0 Å². The van der Waals surface area contributed by atoms with Gasteiger partial charge in [0.05, 0.1) is 23.3 Å². The number of hydrogen-bond acceptors (Lipinski definition) is 11. The predicted molar refractivity (Wildman–Crippen MR) is 214 cm³/mol. The topological polar surface area (TPSA) is 153 Å². The summed E-state index contributed by atoms with van der Waals surface area (Å²) in [5.41, 5.74) is 5.37. The van der Waals surface area contributed by atoms with Crippen LogP contribution < -0.4 is 10.2 Å². The SMILES string of the molecule is Cc1sc2c(c1C)C(c1ccc(Cl)cc1)=N[C@@H](CC(=O)N1CCC(N3CCN(c4ccc5c(c4)C(=O)N(C4CCC(=O)NC4=O)C5=O)CC3)CC1)c1nnc(C)n1-2. The van der Waals surface area contributed by atoms with Crippen LogP contribution >= 0.6 is 22.9 Å². The molecule has 0 saturated carbocycles. The zero-order valence-electron chi connectivity index (χ0n) is 32.0. The van der Waals surface area contributed by atoms with E-state index >= 15 is 0 Å². The normalized spacial score (nSPS) is 21.6. The van der Waals surface area contributed by atoms with Gasteiger partial charge < -0.3 is 9.80 Å². The van der Waals surface area contributed by atoms with Gasteiger partial charge in [-0.2, -0.15) is 0 Å². The molecule has 2 aromatic heterocycles. The highest BCUT2D eigenvalue weighted by molar-refractivity contribution is 7.15. The summed E-state index contributed by atoms with van der Waals surface area (Å²) in [5, 5.41) is 12.9. The Morgan fingerprint density at radius 2 is 1.60 bits per heavy atom. The van der Waals surface area contributed by atoms with Gasteiger partial charge in [0.2, 0.25) is 17.7 Å². The van der Waals surface area contributed by atoms with Crippen LogP contribution in [0.15, 0.2) is 47.5 Å². The van der Waals surface area contributed by atoms with Crippen molar-refractivity contribution in [2.45, 2.75) is 71.0 Å². The molecule has 0 radical (unpaired) electrons. The molecule has 0 bridgehead atoms. The highest BCUT2D eigenvalue weighted by Crippen LogP contribution is 2.40. The highest BCUT2D eigenvalue weighted by Gasteiger charge is 2.45. The number of nitrogens with zero attached hydrogens (tertiary/aromatic N) is 8. The number of amides is 5. The lowest BCUT2D eigenvalue weighted by Crippen LogP contribution is -2.54. The van der Waals surface area contributed by atoms with E-state index in [1.807, 2.05) is 42.2 Å². The largest absolute Gasteiger partial charge is 0.369 e. The highest BCUT2D eigenvalue weighted by atomic mass is 35.5. The van der Waals surface area contributed by atoms with Gasteiger partial charge in [-0.3, -0.25) is 48.6 Å². The molecule has 4 aromatic rings. The van der Waals surface area contributed by atoms with Gasteiger partial charge in [-0.25, -0.2) is 0 Å². The first-order chi connectivity index (χ1) is 27.5. The van der Waals surface area contributed by atoms with E-state index in [2.05, 4.69) is 43.7 Å². The van der Waals surface area contributed by atoms with E-state index in [1.165, 1.54) is 4.88 Å². The fourth-order valence-corrected chi connectivity index (χ4v) is 10.2. The van der Waals surface area contributed by atoms with Crippen LogP contribution in [-0.2, 0) is 14.4 Å². The van der Waals surface area contributed by atoms with E-state index < -0.39 is 35.7 Å². The molecule has 14 nitrogen and oxygen atoms in total. The number of carbonyl (C=O) groups is 5. The van der Waals surface area contributed by atoms with Crippen LogP contribution in [0.5, 0.6) is 0 Å². The quantitative estimate of drug-likeness (QED) is 0.280. The molecule has 9 rings (SSSR count). The average Bonchev–Trinajstić information content (AvgIpc) is 3.79. The number of benzene rings is 2. The van der Waals surface area contributed by atoms with Gasteiger partial charge in [0, 0.05) is 78.4 Å². The van der Waals surface area contributed by atoms with Crippen molar-refractivity contribution in [1.82, 2.24) is 34.8 Å². The molecule has 3 saturated heterocycles. The summed E-state index contributed by atoms with van der Waals surface area (Å²) in [5.74, 6) is -0.542. The minimum absolute atomic E-state index is 0.0497. The monoisotopic (exact) mass is 807 g/mol. The van der Waals surface area contributed by atoms with Gasteiger partial charge in [-0.05, 0) is 75.9 Å². The molecular weight excluding hydrogens is 766 g/mol. The number of thiophene rings is 1. The summed E-state index contributed by atoms with van der Waals surface area (Å²) in [4.78, 5) is 78.9. The number of aryl methyl sites for hydroxylation is 2. The third-order valence-corrected chi connectivity index (χ3v) is 13.6. The van der Waals surface area contributed by atoms with Crippen LogP contribution in [0.1, 0.15) is 92.1 Å². The second kappa shape index (κ2) is 14.6. The Hall–Kier alpha value is -5.25. The van der Waals surface area contributed by atoms with Crippen molar-refractivity contribution in [1.29, 1.82) is 0 Å². The fourth-order valence-electron chi connectivity index (χ4n) is 8.91. The summed E-state index contributed by atoms with van der Waals surface area (Å²) in [6.45, 7) is 10.6. The molecule has 1 unspecified atom stereocenters. The number of piperazine rings is 1. The Labute approximate surface area is 338 Å². The van der Waals surface area contributed by atoms with Crippen molar-refractivity contribution in [3.05, 3.63) is 91.8 Å². The molecule has 5 aliphatic rings. The zero-order valence-corrected chi connectivity index (χ0v) is 33.5. The van der Waals surface area contributed by atoms with Crippen molar-refractivity contribution < 1.29 is 24.0 Å². The summed E-state index contributed by atoms with van der Waals surface area (Å²) in [6, 6.07) is 11.8. The lowest BCUT2D eigenvalue weighted by atomic mass is 9.99. The van der Waals surface area contributed by atoms with Crippen LogP contribution in [0.4, 0.5) is 5.69 Å². The summed E-state index contributed by atoms with van der Waals surface area (Å²) >= 11 is 7.96. The Bertz CT molecular complexity index is 2370. The lowest BCUT2D eigenvalue weighted by Gasteiger charge is -2.43. The number of imide groups is 2. The Morgan fingerprint density at radius 1 is 0.877 bits per heavy atom. The number of carbonyl (C=O) groups excluding carboxylic acids is 5. The number of anilines is 1.